The van der Waals surface area contributed by atoms with Gasteiger partial charge in [0.05, 0.1) is 12.3 Å². The van der Waals surface area contributed by atoms with Gasteiger partial charge in [-0.05, 0) is 48.4 Å². The first-order valence-electron chi connectivity index (χ1n) is 7.71. The molecule has 4 heteroatoms. The summed E-state index contributed by atoms with van der Waals surface area (Å²) in [6.07, 6.45) is 1.74. The van der Waals surface area contributed by atoms with Gasteiger partial charge in [-0.3, -0.25) is 9.78 Å². The van der Waals surface area contributed by atoms with Crippen molar-refractivity contribution in [2.75, 3.05) is 5.32 Å². The fourth-order valence-electron chi connectivity index (χ4n) is 2.63. The molecule has 0 aliphatic rings. The summed E-state index contributed by atoms with van der Waals surface area (Å²) in [6, 6.07) is 18.5. The molecule has 0 bridgehead atoms. The fourth-order valence-corrected chi connectivity index (χ4v) is 2.63. The highest BCUT2D eigenvalue weighted by Gasteiger charge is 2.13. The number of aromatic nitrogens is 1. The number of amides is 1. The maximum atomic E-state index is 12.6. The number of hydrogen-bond acceptors (Lipinski definition) is 3. The Morgan fingerprint density at radius 1 is 1.08 bits per heavy atom. The standard InChI is InChI=1S/C20H18N2O2/c1-14-17(19-10-2-3-11-21-19)8-5-9-18(14)20(24)22-16-7-4-6-15(12-16)13-23/h2-12,23H,13H2,1H3,(H,22,24). The van der Waals surface area contributed by atoms with E-state index in [2.05, 4.69) is 10.3 Å². The van der Waals surface area contributed by atoms with E-state index in [0.29, 0.717) is 11.3 Å². The van der Waals surface area contributed by atoms with E-state index in [0.717, 1.165) is 22.4 Å². The molecule has 3 aromatic rings. The Morgan fingerprint density at radius 3 is 2.67 bits per heavy atom. The number of carbonyl (C=O) groups is 1. The van der Waals surface area contributed by atoms with Gasteiger partial charge >= 0.3 is 0 Å². The molecule has 1 aromatic heterocycles. The Kier molecular flexibility index (Phi) is 4.68. The van der Waals surface area contributed by atoms with Gasteiger partial charge < -0.3 is 10.4 Å². The molecular weight excluding hydrogens is 300 g/mol. The monoisotopic (exact) mass is 318 g/mol. The molecule has 120 valence electrons. The normalized spacial score (nSPS) is 10.4. The maximum Gasteiger partial charge on any atom is 0.255 e. The summed E-state index contributed by atoms with van der Waals surface area (Å²) < 4.78 is 0. The molecule has 1 amide bonds. The van der Waals surface area contributed by atoms with E-state index in [1.54, 1.807) is 30.5 Å². The largest absolute Gasteiger partial charge is 0.392 e. The number of carbonyl (C=O) groups excluding carboxylic acids is 1. The summed E-state index contributed by atoms with van der Waals surface area (Å²) >= 11 is 0. The van der Waals surface area contributed by atoms with Gasteiger partial charge in [0.2, 0.25) is 0 Å². The van der Waals surface area contributed by atoms with Crippen LogP contribution in [-0.2, 0) is 6.61 Å². The first kappa shape index (κ1) is 15.9. The number of hydrogen-bond donors (Lipinski definition) is 2. The van der Waals surface area contributed by atoms with Gasteiger partial charge in [0, 0.05) is 23.0 Å². The van der Waals surface area contributed by atoms with Crippen molar-refractivity contribution in [2.24, 2.45) is 0 Å². The van der Waals surface area contributed by atoms with Crippen molar-refractivity contribution in [1.29, 1.82) is 0 Å². The van der Waals surface area contributed by atoms with E-state index in [-0.39, 0.29) is 12.5 Å². The number of aliphatic hydroxyl groups is 1. The molecule has 0 aliphatic carbocycles. The average molecular weight is 318 g/mol. The Morgan fingerprint density at radius 2 is 1.92 bits per heavy atom. The van der Waals surface area contributed by atoms with Crippen LogP contribution in [0.15, 0.2) is 66.9 Å². The van der Waals surface area contributed by atoms with Crippen LogP contribution < -0.4 is 5.32 Å². The summed E-state index contributed by atoms with van der Waals surface area (Å²) in [5.74, 6) is -0.180. The Bertz CT molecular complexity index is 861. The SMILES string of the molecule is Cc1c(C(=O)Nc2cccc(CO)c2)cccc1-c1ccccn1. The van der Waals surface area contributed by atoms with Crippen LogP contribution in [0.25, 0.3) is 11.3 Å². The van der Waals surface area contributed by atoms with Crippen LogP contribution in [0.5, 0.6) is 0 Å². The minimum Gasteiger partial charge on any atom is -0.392 e. The van der Waals surface area contributed by atoms with Gasteiger partial charge in [-0.1, -0.05) is 30.3 Å². The van der Waals surface area contributed by atoms with E-state index in [4.69, 9.17) is 0 Å². The van der Waals surface area contributed by atoms with Gasteiger partial charge in [0.25, 0.3) is 5.91 Å². The molecule has 2 aromatic carbocycles. The minimum absolute atomic E-state index is 0.0576. The van der Waals surface area contributed by atoms with Crippen molar-refractivity contribution in [2.45, 2.75) is 13.5 Å². The van der Waals surface area contributed by atoms with Crippen LogP contribution in [-0.4, -0.2) is 16.0 Å². The molecule has 0 atom stereocenters. The lowest BCUT2D eigenvalue weighted by atomic mass is 9.99. The third kappa shape index (κ3) is 3.34. The van der Waals surface area contributed by atoms with Crippen molar-refractivity contribution in [3.8, 4) is 11.3 Å². The number of aliphatic hydroxyl groups excluding tert-OH is 1. The molecule has 1 heterocycles. The predicted molar refractivity (Wildman–Crippen MR) is 94.7 cm³/mol. The summed E-state index contributed by atoms with van der Waals surface area (Å²) in [5, 5.41) is 12.1. The molecule has 4 nitrogen and oxygen atoms in total. The molecule has 24 heavy (non-hydrogen) atoms. The second kappa shape index (κ2) is 7.06. The Balaban J connectivity index is 1.90. The Hall–Kier alpha value is -2.98. The summed E-state index contributed by atoms with van der Waals surface area (Å²) in [5.41, 5.74) is 4.68. The van der Waals surface area contributed by atoms with Crippen molar-refractivity contribution >= 4 is 11.6 Å². The molecule has 0 saturated carbocycles. The fraction of sp³-hybridized carbons (Fsp3) is 0.100. The number of pyridine rings is 1. The van der Waals surface area contributed by atoms with E-state index >= 15 is 0 Å². The quantitative estimate of drug-likeness (QED) is 0.769. The highest BCUT2D eigenvalue weighted by molar-refractivity contribution is 6.06. The molecule has 0 saturated heterocycles. The number of benzene rings is 2. The third-order valence-electron chi connectivity index (χ3n) is 3.89. The van der Waals surface area contributed by atoms with Crippen LogP contribution in [0.4, 0.5) is 5.69 Å². The van der Waals surface area contributed by atoms with Gasteiger partial charge in [-0.15, -0.1) is 0 Å². The van der Waals surface area contributed by atoms with Crippen LogP contribution in [0, 0.1) is 6.92 Å². The minimum atomic E-state index is -0.180. The average Bonchev–Trinajstić information content (AvgIpc) is 2.62. The molecule has 0 radical (unpaired) electrons. The van der Waals surface area contributed by atoms with Crippen LogP contribution in [0.1, 0.15) is 21.5 Å². The second-order valence-electron chi connectivity index (χ2n) is 5.51. The summed E-state index contributed by atoms with van der Waals surface area (Å²) in [7, 11) is 0. The number of nitrogens with zero attached hydrogens (tertiary/aromatic N) is 1. The van der Waals surface area contributed by atoms with Crippen molar-refractivity contribution in [1.82, 2.24) is 4.98 Å². The highest BCUT2D eigenvalue weighted by Crippen LogP contribution is 2.24. The molecular formula is C20H18N2O2. The molecule has 0 spiro atoms. The van der Waals surface area contributed by atoms with Gasteiger partial charge in [0.15, 0.2) is 0 Å². The lowest BCUT2D eigenvalue weighted by Crippen LogP contribution is -2.14. The van der Waals surface area contributed by atoms with E-state index in [1.807, 2.05) is 43.3 Å². The second-order valence-corrected chi connectivity index (χ2v) is 5.51. The van der Waals surface area contributed by atoms with Gasteiger partial charge in [-0.25, -0.2) is 0 Å². The number of nitrogens with one attached hydrogen (secondary N) is 1. The highest BCUT2D eigenvalue weighted by atomic mass is 16.3. The smallest absolute Gasteiger partial charge is 0.255 e. The lowest BCUT2D eigenvalue weighted by molar-refractivity contribution is 0.102. The van der Waals surface area contributed by atoms with Crippen molar-refractivity contribution in [3.63, 3.8) is 0 Å². The van der Waals surface area contributed by atoms with Crippen molar-refractivity contribution < 1.29 is 9.90 Å². The van der Waals surface area contributed by atoms with Crippen molar-refractivity contribution in [3.05, 3.63) is 83.6 Å². The van der Waals surface area contributed by atoms with E-state index in [9.17, 15) is 9.90 Å². The first-order valence-corrected chi connectivity index (χ1v) is 7.71. The third-order valence-corrected chi connectivity index (χ3v) is 3.89. The van der Waals surface area contributed by atoms with Gasteiger partial charge in [0.1, 0.15) is 0 Å². The number of anilines is 1. The zero-order valence-corrected chi connectivity index (χ0v) is 13.4. The first-order chi connectivity index (χ1) is 11.7. The van der Waals surface area contributed by atoms with E-state index < -0.39 is 0 Å². The lowest BCUT2D eigenvalue weighted by Gasteiger charge is -2.12. The number of rotatable bonds is 4. The molecule has 0 unspecified atom stereocenters. The zero-order valence-electron chi connectivity index (χ0n) is 13.4. The maximum absolute atomic E-state index is 12.6. The topological polar surface area (TPSA) is 62.2 Å². The van der Waals surface area contributed by atoms with Crippen LogP contribution in [0.3, 0.4) is 0 Å². The predicted octanol–water partition coefficient (Wildman–Crippen LogP) is 3.80. The van der Waals surface area contributed by atoms with Crippen LogP contribution >= 0.6 is 0 Å². The molecule has 2 N–H and O–H groups in total. The molecule has 3 rings (SSSR count). The van der Waals surface area contributed by atoms with Gasteiger partial charge in [-0.2, -0.15) is 0 Å². The van der Waals surface area contributed by atoms with Crippen LogP contribution in [0.2, 0.25) is 0 Å². The molecule has 0 aliphatic heterocycles. The summed E-state index contributed by atoms with van der Waals surface area (Å²) in [6.45, 7) is 1.86. The Labute approximate surface area is 140 Å². The zero-order chi connectivity index (χ0) is 16.9. The molecule has 0 fully saturated rings. The van der Waals surface area contributed by atoms with E-state index in [1.165, 1.54) is 0 Å². The summed E-state index contributed by atoms with van der Waals surface area (Å²) in [4.78, 5) is 17.0.